The maximum absolute atomic E-state index is 13.0. The quantitative estimate of drug-likeness (QED) is 0.657. The van der Waals surface area contributed by atoms with Crippen molar-refractivity contribution in [3.63, 3.8) is 0 Å². The molecule has 0 aliphatic carbocycles. The number of nitrogens with one attached hydrogen (secondary N) is 1. The van der Waals surface area contributed by atoms with Crippen LogP contribution in [-0.2, 0) is 6.54 Å². The summed E-state index contributed by atoms with van der Waals surface area (Å²) in [6.07, 6.45) is 1.96. The lowest BCUT2D eigenvalue weighted by atomic mass is 10.2. The Labute approximate surface area is 113 Å². The zero-order valence-electron chi connectivity index (χ0n) is 10.2. The molecule has 0 fully saturated rings. The summed E-state index contributed by atoms with van der Waals surface area (Å²) in [6.45, 7) is 0.228. The maximum Gasteiger partial charge on any atom is 0.194 e. The van der Waals surface area contributed by atoms with Crippen molar-refractivity contribution in [3.05, 3.63) is 59.4 Å². The van der Waals surface area contributed by atoms with Crippen LogP contribution in [0.3, 0.4) is 0 Å². The second-order valence-corrected chi connectivity index (χ2v) is 4.84. The molecule has 0 saturated carbocycles. The molecule has 0 bridgehead atoms. The Morgan fingerprint density at radius 1 is 1.05 bits per heavy atom. The molecule has 0 saturated heterocycles. The smallest absolute Gasteiger partial charge is 0.194 e. The van der Waals surface area contributed by atoms with E-state index >= 15 is 0 Å². The van der Waals surface area contributed by atoms with E-state index in [2.05, 4.69) is 5.32 Å². The normalized spacial score (nSPS) is 10.5. The van der Waals surface area contributed by atoms with Crippen molar-refractivity contribution in [2.75, 3.05) is 11.6 Å². The van der Waals surface area contributed by atoms with Crippen molar-refractivity contribution in [2.24, 2.45) is 0 Å². The molecular formula is C14H12F3NS. The van der Waals surface area contributed by atoms with E-state index in [4.69, 9.17) is 0 Å². The molecule has 1 nitrogen and oxygen atoms in total. The summed E-state index contributed by atoms with van der Waals surface area (Å²) in [5.41, 5.74) is 1.20. The number of anilines is 1. The molecule has 19 heavy (non-hydrogen) atoms. The topological polar surface area (TPSA) is 12.0 Å². The first-order valence-electron chi connectivity index (χ1n) is 5.61. The number of benzene rings is 2. The van der Waals surface area contributed by atoms with Gasteiger partial charge in [0.05, 0.1) is 0 Å². The van der Waals surface area contributed by atoms with Gasteiger partial charge in [-0.25, -0.2) is 13.2 Å². The molecule has 0 aliphatic rings. The van der Waals surface area contributed by atoms with Crippen LogP contribution >= 0.6 is 11.8 Å². The Morgan fingerprint density at radius 2 is 1.74 bits per heavy atom. The molecule has 0 spiro atoms. The van der Waals surface area contributed by atoms with E-state index in [1.807, 2.05) is 30.5 Å². The number of halogens is 3. The molecule has 0 atom stereocenters. The van der Waals surface area contributed by atoms with Gasteiger partial charge in [-0.3, -0.25) is 0 Å². The van der Waals surface area contributed by atoms with E-state index in [1.54, 1.807) is 11.8 Å². The summed E-state index contributed by atoms with van der Waals surface area (Å²) in [5.74, 6) is -3.78. The first-order chi connectivity index (χ1) is 9.10. The van der Waals surface area contributed by atoms with Crippen LogP contribution in [0.4, 0.5) is 18.9 Å². The van der Waals surface area contributed by atoms with Crippen molar-refractivity contribution in [2.45, 2.75) is 11.4 Å². The fraction of sp³-hybridized carbons (Fsp3) is 0.143. The van der Waals surface area contributed by atoms with Crippen LogP contribution in [-0.4, -0.2) is 6.26 Å². The summed E-state index contributed by atoms with van der Waals surface area (Å²) in [7, 11) is 0. The van der Waals surface area contributed by atoms with Crippen molar-refractivity contribution in [1.29, 1.82) is 0 Å². The van der Waals surface area contributed by atoms with Gasteiger partial charge < -0.3 is 5.32 Å². The molecule has 0 radical (unpaired) electrons. The summed E-state index contributed by atoms with van der Waals surface area (Å²) in [4.78, 5) is 1.08. The Bertz CT molecular complexity index is 564. The van der Waals surface area contributed by atoms with Crippen molar-refractivity contribution in [1.82, 2.24) is 0 Å². The second-order valence-electron chi connectivity index (χ2n) is 3.96. The minimum Gasteiger partial charge on any atom is -0.381 e. The molecule has 2 aromatic rings. The number of thioether (sulfide) groups is 1. The Morgan fingerprint density at radius 3 is 2.37 bits per heavy atom. The SMILES string of the molecule is CSc1cccc(NCc2cc(F)c(F)c(F)c2)c1. The van der Waals surface area contributed by atoms with Crippen molar-refractivity contribution in [3.8, 4) is 0 Å². The summed E-state index contributed by atoms with van der Waals surface area (Å²) >= 11 is 1.60. The summed E-state index contributed by atoms with van der Waals surface area (Å²) in [6, 6.07) is 9.62. The molecule has 0 aliphatic heterocycles. The first kappa shape index (κ1) is 13.8. The lowest BCUT2D eigenvalue weighted by Crippen LogP contribution is -2.02. The van der Waals surface area contributed by atoms with Gasteiger partial charge in [0.1, 0.15) is 0 Å². The summed E-state index contributed by atoms with van der Waals surface area (Å²) in [5, 5.41) is 3.04. The van der Waals surface area contributed by atoms with Crippen molar-refractivity contribution < 1.29 is 13.2 Å². The minimum atomic E-state index is -1.44. The predicted molar refractivity (Wildman–Crippen MR) is 71.9 cm³/mol. The molecule has 0 amide bonds. The zero-order valence-corrected chi connectivity index (χ0v) is 11.0. The lowest BCUT2D eigenvalue weighted by molar-refractivity contribution is 0.445. The molecule has 0 unspecified atom stereocenters. The average Bonchev–Trinajstić information content (AvgIpc) is 2.42. The zero-order chi connectivity index (χ0) is 13.8. The highest BCUT2D eigenvalue weighted by Crippen LogP contribution is 2.20. The van der Waals surface area contributed by atoms with Crippen molar-refractivity contribution >= 4 is 17.4 Å². The van der Waals surface area contributed by atoms with Gasteiger partial charge in [-0.05, 0) is 42.2 Å². The molecule has 2 aromatic carbocycles. The van der Waals surface area contributed by atoms with Gasteiger partial charge >= 0.3 is 0 Å². The number of rotatable bonds is 4. The second kappa shape index (κ2) is 6.02. The minimum absolute atomic E-state index is 0.228. The number of hydrogen-bond donors (Lipinski definition) is 1. The van der Waals surface area contributed by atoms with Gasteiger partial charge in [0.25, 0.3) is 0 Å². The third-order valence-electron chi connectivity index (χ3n) is 2.61. The predicted octanol–water partition coefficient (Wildman–Crippen LogP) is 4.44. The monoisotopic (exact) mass is 283 g/mol. The van der Waals surface area contributed by atoms with E-state index < -0.39 is 17.5 Å². The Kier molecular flexibility index (Phi) is 4.37. The van der Waals surface area contributed by atoms with Crippen LogP contribution in [0.25, 0.3) is 0 Å². The van der Waals surface area contributed by atoms with Gasteiger partial charge in [-0.2, -0.15) is 0 Å². The van der Waals surface area contributed by atoms with Gasteiger partial charge in [-0.15, -0.1) is 11.8 Å². The van der Waals surface area contributed by atoms with Crippen LogP contribution < -0.4 is 5.32 Å². The van der Waals surface area contributed by atoms with Crippen LogP contribution in [0.15, 0.2) is 41.3 Å². The fourth-order valence-corrected chi connectivity index (χ4v) is 2.11. The van der Waals surface area contributed by atoms with E-state index in [0.29, 0.717) is 5.56 Å². The molecule has 5 heteroatoms. The van der Waals surface area contributed by atoms with Gasteiger partial charge in [0.2, 0.25) is 0 Å². The highest BCUT2D eigenvalue weighted by molar-refractivity contribution is 7.98. The number of hydrogen-bond acceptors (Lipinski definition) is 2. The molecular weight excluding hydrogens is 271 g/mol. The molecule has 100 valence electrons. The van der Waals surface area contributed by atoms with Gasteiger partial charge in [-0.1, -0.05) is 6.07 Å². The average molecular weight is 283 g/mol. The van der Waals surface area contributed by atoms with E-state index in [0.717, 1.165) is 22.7 Å². The third kappa shape index (κ3) is 3.44. The van der Waals surface area contributed by atoms with Gasteiger partial charge in [0, 0.05) is 17.1 Å². The summed E-state index contributed by atoms with van der Waals surface area (Å²) < 4.78 is 38.9. The first-order valence-corrected chi connectivity index (χ1v) is 6.84. The highest BCUT2D eigenvalue weighted by Gasteiger charge is 2.10. The third-order valence-corrected chi connectivity index (χ3v) is 3.34. The van der Waals surface area contributed by atoms with E-state index in [-0.39, 0.29) is 6.54 Å². The molecule has 0 aromatic heterocycles. The van der Waals surface area contributed by atoms with Crippen LogP contribution in [0.2, 0.25) is 0 Å². The van der Waals surface area contributed by atoms with E-state index in [9.17, 15) is 13.2 Å². The Balaban J connectivity index is 2.10. The Hall–Kier alpha value is -1.62. The fourth-order valence-electron chi connectivity index (χ4n) is 1.65. The maximum atomic E-state index is 13.0. The molecule has 2 rings (SSSR count). The molecule has 1 N–H and O–H groups in total. The van der Waals surface area contributed by atoms with E-state index in [1.165, 1.54) is 0 Å². The molecule has 0 heterocycles. The lowest BCUT2D eigenvalue weighted by Gasteiger charge is -2.08. The standard InChI is InChI=1S/C14H12F3NS/c1-19-11-4-2-3-10(7-11)18-8-9-5-12(15)14(17)13(16)6-9/h2-7,18H,8H2,1H3. The van der Waals surface area contributed by atoms with Gasteiger partial charge in [0.15, 0.2) is 17.5 Å². The van der Waals surface area contributed by atoms with Crippen LogP contribution in [0.1, 0.15) is 5.56 Å². The largest absolute Gasteiger partial charge is 0.381 e. The highest BCUT2D eigenvalue weighted by atomic mass is 32.2. The van der Waals surface area contributed by atoms with Crippen LogP contribution in [0.5, 0.6) is 0 Å². The van der Waals surface area contributed by atoms with Crippen LogP contribution in [0, 0.1) is 17.5 Å².